The van der Waals surface area contributed by atoms with E-state index in [-0.39, 0.29) is 10.6 Å². The lowest BCUT2D eigenvalue weighted by Gasteiger charge is -2.20. The van der Waals surface area contributed by atoms with Crippen LogP contribution in [0.15, 0.2) is 23.1 Å². The first-order valence-corrected chi connectivity index (χ1v) is 7.84. The zero-order chi connectivity index (χ0) is 14.9. The summed E-state index contributed by atoms with van der Waals surface area (Å²) in [5, 5.41) is 11.0. The normalized spacial score (nSPS) is 15.5. The van der Waals surface area contributed by atoms with Crippen molar-refractivity contribution in [2.45, 2.75) is 24.7 Å². The number of nitrogen functional groups attached to an aromatic ring is 1. The number of nitro groups is 1. The van der Waals surface area contributed by atoms with Gasteiger partial charge >= 0.3 is 0 Å². The minimum atomic E-state index is -3.86. The molecule has 0 unspecified atom stereocenters. The van der Waals surface area contributed by atoms with Gasteiger partial charge in [-0.3, -0.25) is 10.1 Å². The zero-order valence-corrected chi connectivity index (χ0v) is 12.0. The number of rotatable bonds is 6. The van der Waals surface area contributed by atoms with E-state index >= 15 is 0 Å². The Hall–Kier alpha value is -1.67. The fourth-order valence-electron chi connectivity index (χ4n) is 2.02. The number of hydrogen-bond donors (Lipinski definition) is 1. The summed E-state index contributed by atoms with van der Waals surface area (Å²) in [5.41, 5.74) is 5.19. The standard InChI is InChI=1S/C12H17N3O4S/c1-2-14(8-9-3-4-9)20(18,19)12-6-5-10(13)7-11(12)15(16)17/h5-7,9H,2-4,8,13H2,1H3. The summed E-state index contributed by atoms with van der Waals surface area (Å²) in [6, 6.07) is 3.65. The number of nitrogens with two attached hydrogens (primary N) is 1. The van der Waals surface area contributed by atoms with Gasteiger partial charge in [0.15, 0.2) is 4.90 Å². The third-order valence-electron chi connectivity index (χ3n) is 3.31. The van der Waals surface area contributed by atoms with E-state index in [1.165, 1.54) is 16.4 Å². The first kappa shape index (κ1) is 14.7. The van der Waals surface area contributed by atoms with Crippen molar-refractivity contribution in [1.82, 2.24) is 4.31 Å². The number of nitrogens with zero attached hydrogens (tertiary/aromatic N) is 2. The van der Waals surface area contributed by atoms with Gasteiger partial charge in [-0.25, -0.2) is 8.42 Å². The highest BCUT2D eigenvalue weighted by molar-refractivity contribution is 7.89. The molecule has 1 fully saturated rings. The summed E-state index contributed by atoms with van der Waals surface area (Å²) < 4.78 is 26.4. The van der Waals surface area contributed by atoms with Crippen LogP contribution in [0, 0.1) is 16.0 Å². The lowest BCUT2D eigenvalue weighted by molar-refractivity contribution is -0.387. The van der Waals surface area contributed by atoms with E-state index < -0.39 is 20.6 Å². The zero-order valence-electron chi connectivity index (χ0n) is 11.2. The Morgan fingerprint density at radius 2 is 2.10 bits per heavy atom. The molecule has 0 radical (unpaired) electrons. The van der Waals surface area contributed by atoms with Crippen LogP contribution in [0.4, 0.5) is 11.4 Å². The number of nitro benzene ring substituents is 1. The first-order valence-electron chi connectivity index (χ1n) is 6.40. The van der Waals surface area contributed by atoms with Gasteiger partial charge in [0.25, 0.3) is 5.69 Å². The molecule has 2 N–H and O–H groups in total. The molecule has 0 bridgehead atoms. The molecular formula is C12H17N3O4S. The van der Waals surface area contributed by atoms with Gasteiger partial charge in [-0.05, 0) is 30.9 Å². The molecular weight excluding hydrogens is 282 g/mol. The van der Waals surface area contributed by atoms with Gasteiger partial charge in [-0.15, -0.1) is 0 Å². The van der Waals surface area contributed by atoms with Crippen LogP contribution in [0.5, 0.6) is 0 Å². The second kappa shape index (κ2) is 5.37. The Bertz CT molecular complexity index is 626. The van der Waals surface area contributed by atoms with Crippen molar-refractivity contribution in [1.29, 1.82) is 0 Å². The van der Waals surface area contributed by atoms with Crippen molar-refractivity contribution in [3.63, 3.8) is 0 Å². The molecule has 0 heterocycles. The van der Waals surface area contributed by atoms with Crippen molar-refractivity contribution >= 4 is 21.4 Å². The molecule has 2 rings (SSSR count). The van der Waals surface area contributed by atoms with Crippen LogP contribution in [-0.4, -0.2) is 30.7 Å². The molecule has 1 aliphatic rings. The molecule has 0 amide bonds. The number of hydrogen-bond acceptors (Lipinski definition) is 5. The molecule has 0 aliphatic heterocycles. The Morgan fingerprint density at radius 1 is 1.45 bits per heavy atom. The van der Waals surface area contributed by atoms with Crippen molar-refractivity contribution in [3.8, 4) is 0 Å². The number of sulfonamides is 1. The summed E-state index contributed by atoms with van der Waals surface area (Å²) in [6.07, 6.45) is 2.02. The molecule has 1 aliphatic carbocycles. The molecule has 1 saturated carbocycles. The topological polar surface area (TPSA) is 107 Å². The van der Waals surface area contributed by atoms with Crippen LogP contribution < -0.4 is 5.73 Å². The van der Waals surface area contributed by atoms with Crippen LogP contribution in [0.3, 0.4) is 0 Å². The minimum absolute atomic E-state index is 0.167. The second-order valence-corrected chi connectivity index (χ2v) is 6.79. The average molecular weight is 299 g/mol. The third kappa shape index (κ3) is 2.91. The number of benzene rings is 1. The van der Waals surface area contributed by atoms with Gasteiger partial charge in [0, 0.05) is 24.8 Å². The van der Waals surface area contributed by atoms with E-state index in [0.717, 1.165) is 18.9 Å². The van der Waals surface area contributed by atoms with Gasteiger partial charge < -0.3 is 5.73 Å². The summed E-state index contributed by atoms with van der Waals surface area (Å²) in [7, 11) is -3.86. The molecule has 7 nitrogen and oxygen atoms in total. The summed E-state index contributed by atoms with van der Waals surface area (Å²) in [5.74, 6) is 0.373. The quantitative estimate of drug-likeness (QED) is 0.488. The lowest BCUT2D eigenvalue weighted by atomic mass is 10.3. The largest absolute Gasteiger partial charge is 0.399 e. The Morgan fingerprint density at radius 3 is 2.60 bits per heavy atom. The Labute approximate surface area is 117 Å². The highest BCUT2D eigenvalue weighted by Crippen LogP contribution is 2.33. The Kier molecular flexibility index (Phi) is 3.96. The summed E-state index contributed by atoms with van der Waals surface area (Å²) >= 11 is 0. The van der Waals surface area contributed by atoms with Crippen molar-refractivity contribution in [3.05, 3.63) is 28.3 Å². The molecule has 0 saturated heterocycles. The molecule has 8 heteroatoms. The highest BCUT2D eigenvalue weighted by Gasteiger charge is 2.34. The van der Waals surface area contributed by atoms with Crippen LogP contribution in [0.2, 0.25) is 0 Å². The van der Waals surface area contributed by atoms with Gasteiger partial charge in [-0.1, -0.05) is 6.92 Å². The maximum atomic E-state index is 12.5. The molecule has 1 aromatic carbocycles. The summed E-state index contributed by atoms with van der Waals surface area (Å²) in [6.45, 7) is 2.43. The van der Waals surface area contributed by atoms with Crippen molar-refractivity contribution < 1.29 is 13.3 Å². The van der Waals surface area contributed by atoms with Crippen LogP contribution in [-0.2, 0) is 10.0 Å². The Balaban J connectivity index is 2.44. The smallest absolute Gasteiger partial charge is 0.291 e. The van der Waals surface area contributed by atoms with Gasteiger partial charge in [0.2, 0.25) is 10.0 Å². The lowest BCUT2D eigenvalue weighted by Crippen LogP contribution is -2.33. The average Bonchev–Trinajstić information content (AvgIpc) is 3.19. The van der Waals surface area contributed by atoms with E-state index in [0.29, 0.717) is 19.0 Å². The number of anilines is 1. The predicted molar refractivity (Wildman–Crippen MR) is 74.7 cm³/mol. The fraction of sp³-hybridized carbons (Fsp3) is 0.500. The molecule has 0 atom stereocenters. The van der Waals surface area contributed by atoms with Gasteiger partial charge in [-0.2, -0.15) is 4.31 Å². The molecule has 1 aromatic rings. The SMILES string of the molecule is CCN(CC1CC1)S(=O)(=O)c1ccc(N)cc1[N+](=O)[O-]. The van der Waals surface area contributed by atoms with E-state index in [1.807, 2.05) is 0 Å². The molecule has 110 valence electrons. The fourth-order valence-corrected chi connectivity index (χ4v) is 3.68. The van der Waals surface area contributed by atoms with Crippen LogP contribution >= 0.6 is 0 Å². The third-order valence-corrected chi connectivity index (χ3v) is 5.30. The van der Waals surface area contributed by atoms with E-state index in [4.69, 9.17) is 5.73 Å². The van der Waals surface area contributed by atoms with Crippen molar-refractivity contribution in [2.75, 3.05) is 18.8 Å². The van der Waals surface area contributed by atoms with Gasteiger partial charge in [0.1, 0.15) is 0 Å². The van der Waals surface area contributed by atoms with Gasteiger partial charge in [0.05, 0.1) is 4.92 Å². The van der Waals surface area contributed by atoms with E-state index in [9.17, 15) is 18.5 Å². The van der Waals surface area contributed by atoms with Crippen molar-refractivity contribution in [2.24, 2.45) is 5.92 Å². The van der Waals surface area contributed by atoms with E-state index in [1.54, 1.807) is 6.92 Å². The first-order chi connectivity index (χ1) is 9.36. The predicted octanol–water partition coefficient (Wildman–Crippen LogP) is 1.60. The van der Waals surface area contributed by atoms with Crippen LogP contribution in [0.25, 0.3) is 0 Å². The minimum Gasteiger partial charge on any atom is -0.399 e. The van der Waals surface area contributed by atoms with E-state index in [2.05, 4.69) is 0 Å². The summed E-state index contributed by atoms with van der Waals surface area (Å²) in [4.78, 5) is 10.0. The van der Waals surface area contributed by atoms with Crippen LogP contribution in [0.1, 0.15) is 19.8 Å². The highest BCUT2D eigenvalue weighted by atomic mass is 32.2. The monoisotopic (exact) mass is 299 g/mol. The second-order valence-electron chi connectivity index (χ2n) is 4.88. The molecule has 0 spiro atoms. The molecule has 0 aromatic heterocycles. The maximum absolute atomic E-state index is 12.5. The molecule has 20 heavy (non-hydrogen) atoms. The maximum Gasteiger partial charge on any atom is 0.291 e.